The van der Waals surface area contributed by atoms with Crippen molar-refractivity contribution in [3.8, 4) is 0 Å². The highest BCUT2D eigenvalue weighted by atomic mass is 15.1. The number of anilines is 2. The SMILES string of the molecule is CC(C)(C)c1cc(N)nc(NCCc2ccc3ncccc3c2)n1. The molecule has 0 saturated heterocycles. The van der Waals surface area contributed by atoms with Crippen molar-refractivity contribution in [2.75, 3.05) is 17.6 Å². The lowest BCUT2D eigenvalue weighted by Gasteiger charge is -2.18. The smallest absolute Gasteiger partial charge is 0.224 e. The number of hydrogen-bond acceptors (Lipinski definition) is 5. The van der Waals surface area contributed by atoms with Gasteiger partial charge in [-0.3, -0.25) is 4.98 Å². The second kappa shape index (κ2) is 6.43. The Hall–Kier alpha value is -2.69. The van der Waals surface area contributed by atoms with Crippen molar-refractivity contribution in [2.24, 2.45) is 0 Å². The molecule has 5 heteroatoms. The van der Waals surface area contributed by atoms with Crippen LogP contribution in [-0.4, -0.2) is 21.5 Å². The van der Waals surface area contributed by atoms with Gasteiger partial charge in [0.1, 0.15) is 5.82 Å². The molecule has 2 aromatic heterocycles. The van der Waals surface area contributed by atoms with E-state index in [1.54, 1.807) is 0 Å². The van der Waals surface area contributed by atoms with E-state index in [1.165, 1.54) is 5.56 Å². The molecule has 0 atom stereocenters. The fourth-order valence-corrected chi connectivity index (χ4v) is 2.53. The third-order valence-corrected chi connectivity index (χ3v) is 3.88. The van der Waals surface area contributed by atoms with Crippen molar-refractivity contribution in [1.29, 1.82) is 0 Å². The summed E-state index contributed by atoms with van der Waals surface area (Å²) in [6.07, 6.45) is 2.70. The molecule has 0 aliphatic carbocycles. The molecule has 3 aromatic rings. The van der Waals surface area contributed by atoms with Crippen molar-refractivity contribution in [3.05, 3.63) is 53.9 Å². The zero-order valence-electron chi connectivity index (χ0n) is 14.4. The van der Waals surface area contributed by atoms with Gasteiger partial charge >= 0.3 is 0 Å². The zero-order chi connectivity index (χ0) is 17.2. The van der Waals surface area contributed by atoms with Crippen LogP contribution in [0.3, 0.4) is 0 Å². The van der Waals surface area contributed by atoms with E-state index in [9.17, 15) is 0 Å². The van der Waals surface area contributed by atoms with Gasteiger partial charge in [-0.05, 0) is 30.2 Å². The summed E-state index contributed by atoms with van der Waals surface area (Å²) in [4.78, 5) is 13.2. The van der Waals surface area contributed by atoms with Crippen LogP contribution in [0.5, 0.6) is 0 Å². The average molecular weight is 321 g/mol. The van der Waals surface area contributed by atoms with Crippen LogP contribution in [0.2, 0.25) is 0 Å². The Balaban J connectivity index is 1.68. The minimum Gasteiger partial charge on any atom is -0.384 e. The molecule has 0 amide bonds. The Kier molecular flexibility index (Phi) is 4.34. The van der Waals surface area contributed by atoms with Crippen molar-refractivity contribution >= 4 is 22.7 Å². The van der Waals surface area contributed by atoms with Crippen LogP contribution in [0.15, 0.2) is 42.6 Å². The number of aromatic nitrogens is 3. The van der Waals surface area contributed by atoms with Gasteiger partial charge in [-0.2, -0.15) is 4.98 Å². The molecule has 0 fully saturated rings. The molecule has 124 valence electrons. The number of rotatable bonds is 4. The molecule has 2 heterocycles. The van der Waals surface area contributed by atoms with E-state index in [0.29, 0.717) is 11.8 Å². The maximum absolute atomic E-state index is 5.90. The van der Waals surface area contributed by atoms with Crippen LogP contribution in [-0.2, 0) is 11.8 Å². The predicted molar refractivity (Wildman–Crippen MR) is 99.1 cm³/mol. The van der Waals surface area contributed by atoms with Gasteiger partial charge in [0.2, 0.25) is 5.95 Å². The lowest BCUT2D eigenvalue weighted by atomic mass is 9.92. The van der Waals surface area contributed by atoms with E-state index in [0.717, 1.165) is 29.6 Å². The Morgan fingerprint density at radius 2 is 1.92 bits per heavy atom. The normalized spacial score (nSPS) is 11.6. The number of benzene rings is 1. The first-order chi connectivity index (χ1) is 11.4. The van der Waals surface area contributed by atoms with Crippen LogP contribution in [0.25, 0.3) is 10.9 Å². The van der Waals surface area contributed by atoms with Gasteiger partial charge in [0.25, 0.3) is 0 Å². The molecule has 0 radical (unpaired) electrons. The molecule has 5 nitrogen and oxygen atoms in total. The Morgan fingerprint density at radius 1 is 1.08 bits per heavy atom. The molecular formula is C19H23N5. The number of fused-ring (bicyclic) bond motifs is 1. The highest BCUT2D eigenvalue weighted by Crippen LogP contribution is 2.22. The first-order valence-electron chi connectivity index (χ1n) is 8.14. The van der Waals surface area contributed by atoms with Crippen LogP contribution in [0.1, 0.15) is 32.0 Å². The summed E-state index contributed by atoms with van der Waals surface area (Å²) in [5.74, 6) is 1.08. The first kappa shape index (κ1) is 16.2. The summed E-state index contributed by atoms with van der Waals surface area (Å²) in [7, 11) is 0. The molecule has 0 aliphatic rings. The van der Waals surface area contributed by atoms with E-state index in [4.69, 9.17) is 5.73 Å². The van der Waals surface area contributed by atoms with Crippen molar-refractivity contribution in [1.82, 2.24) is 15.0 Å². The predicted octanol–water partition coefficient (Wildman–Crippen LogP) is 3.56. The second-order valence-corrected chi connectivity index (χ2v) is 6.96. The Labute approximate surface area is 142 Å². The number of nitrogen functional groups attached to an aromatic ring is 1. The van der Waals surface area contributed by atoms with Crippen molar-refractivity contribution in [3.63, 3.8) is 0 Å². The Bertz CT molecular complexity index is 852. The molecule has 1 aromatic carbocycles. The van der Waals surface area contributed by atoms with Crippen LogP contribution >= 0.6 is 0 Å². The summed E-state index contributed by atoms with van der Waals surface area (Å²) in [6, 6.07) is 12.2. The number of pyridine rings is 1. The average Bonchev–Trinajstić information content (AvgIpc) is 2.53. The highest BCUT2D eigenvalue weighted by molar-refractivity contribution is 5.78. The zero-order valence-corrected chi connectivity index (χ0v) is 14.4. The molecule has 0 spiro atoms. The molecule has 0 saturated carbocycles. The molecule has 3 rings (SSSR count). The molecule has 3 N–H and O–H groups in total. The van der Waals surface area contributed by atoms with Gasteiger partial charge in [0.15, 0.2) is 0 Å². The number of hydrogen-bond donors (Lipinski definition) is 2. The van der Waals surface area contributed by atoms with Crippen molar-refractivity contribution < 1.29 is 0 Å². The topological polar surface area (TPSA) is 76.7 Å². The molecule has 0 unspecified atom stereocenters. The van der Waals surface area contributed by atoms with Gasteiger partial charge in [-0.1, -0.05) is 32.9 Å². The van der Waals surface area contributed by atoms with Gasteiger partial charge in [0, 0.05) is 29.6 Å². The lowest BCUT2D eigenvalue weighted by molar-refractivity contribution is 0.568. The molecule has 0 bridgehead atoms. The molecule has 0 aliphatic heterocycles. The molecule has 24 heavy (non-hydrogen) atoms. The third kappa shape index (κ3) is 3.79. The number of nitrogens with zero attached hydrogens (tertiary/aromatic N) is 3. The minimum absolute atomic E-state index is 0.0567. The minimum atomic E-state index is -0.0567. The van der Waals surface area contributed by atoms with E-state index in [1.807, 2.05) is 18.3 Å². The summed E-state index contributed by atoms with van der Waals surface area (Å²) in [5.41, 5.74) is 9.06. The van der Waals surface area contributed by atoms with Crippen LogP contribution < -0.4 is 11.1 Å². The van der Waals surface area contributed by atoms with Crippen molar-refractivity contribution in [2.45, 2.75) is 32.6 Å². The largest absolute Gasteiger partial charge is 0.384 e. The number of nitrogens with two attached hydrogens (primary N) is 1. The van der Waals surface area contributed by atoms with Gasteiger partial charge < -0.3 is 11.1 Å². The maximum Gasteiger partial charge on any atom is 0.224 e. The fraction of sp³-hybridized carbons (Fsp3) is 0.316. The lowest BCUT2D eigenvalue weighted by Crippen LogP contribution is -2.17. The Morgan fingerprint density at radius 3 is 2.71 bits per heavy atom. The number of nitrogens with one attached hydrogen (secondary N) is 1. The highest BCUT2D eigenvalue weighted by Gasteiger charge is 2.17. The monoisotopic (exact) mass is 321 g/mol. The van der Waals surface area contributed by atoms with E-state index < -0.39 is 0 Å². The summed E-state index contributed by atoms with van der Waals surface area (Å²) >= 11 is 0. The summed E-state index contributed by atoms with van der Waals surface area (Å²) < 4.78 is 0. The van der Waals surface area contributed by atoms with Crippen LogP contribution in [0.4, 0.5) is 11.8 Å². The summed E-state index contributed by atoms with van der Waals surface area (Å²) in [5, 5.41) is 4.43. The fourth-order valence-electron chi connectivity index (χ4n) is 2.53. The second-order valence-electron chi connectivity index (χ2n) is 6.96. The van der Waals surface area contributed by atoms with E-state index in [-0.39, 0.29) is 5.41 Å². The van der Waals surface area contributed by atoms with Gasteiger partial charge in [-0.25, -0.2) is 4.98 Å². The molecular weight excluding hydrogens is 298 g/mol. The maximum atomic E-state index is 5.90. The van der Waals surface area contributed by atoms with E-state index >= 15 is 0 Å². The van der Waals surface area contributed by atoms with Gasteiger partial charge in [0.05, 0.1) is 11.2 Å². The standard InChI is InChI=1S/C19H23N5/c1-19(2,3)16-12-17(20)24-18(23-16)22-10-8-13-6-7-15-14(11-13)5-4-9-21-15/h4-7,9,11-12H,8,10H2,1-3H3,(H3,20,22,23,24). The van der Waals surface area contributed by atoms with Gasteiger partial charge in [-0.15, -0.1) is 0 Å². The quantitative estimate of drug-likeness (QED) is 0.768. The van der Waals surface area contributed by atoms with E-state index in [2.05, 4.69) is 65.3 Å². The summed E-state index contributed by atoms with van der Waals surface area (Å²) in [6.45, 7) is 7.09. The third-order valence-electron chi connectivity index (χ3n) is 3.88. The first-order valence-corrected chi connectivity index (χ1v) is 8.14. The van der Waals surface area contributed by atoms with Crippen LogP contribution in [0, 0.1) is 0 Å².